The van der Waals surface area contributed by atoms with E-state index >= 15 is 0 Å². The van der Waals surface area contributed by atoms with Crippen LogP contribution < -0.4 is 20.3 Å². The Morgan fingerprint density at radius 1 is 1.31 bits per heavy atom. The summed E-state index contributed by atoms with van der Waals surface area (Å²) in [5.74, 6) is 0.951. The predicted octanol–water partition coefficient (Wildman–Crippen LogP) is 2.35. The Labute approximate surface area is 148 Å². The highest BCUT2D eigenvalue weighted by molar-refractivity contribution is 6.08. The largest absolute Gasteiger partial charge is 0.493 e. The fraction of sp³-hybridized carbons (Fsp3) is 0.105. The number of para-hydroxylation sites is 1. The van der Waals surface area contributed by atoms with E-state index in [1.54, 1.807) is 37.5 Å². The first-order valence-corrected chi connectivity index (χ1v) is 7.95. The van der Waals surface area contributed by atoms with Crippen LogP contribution in [0, 0.1) is 0 Å². The molecule has 2 heterocycles. The lowest BCUT2D eigenvalue weighted by Gasteiger charge is -2.19. The van der Waals surface area contributed by atoms with Gasteiger partial charge in [-0.25, -0.2) is 4.98 Å². The van der Waals surface area contributed by atoms with Gasteiger partial charge in [0, 0.05) is 11.3 Å². The van der Waals surface area contributed by atoms with Gasteiger partial charge < -0.3 is 19.8 Å². The number of anilines is 1. The molecule has 0 saturated heterocycles. The van der Waals surface area contributed by atoms with E-state index in [0.29, 0.717) is 33.7 Å². The molecule has 2 aromatic carbocycles. The maximum absolute atomic E-state index is 12.6. The predicted molar refractivity (Wildman–Crippen MR) is 97.5 cm³/mol. The number of carbonyl (C=O) groups is 1. The van der Waals surface area contributed by atoms with Crippen molar-refractivity contribution in [3.05, 3.63) is 64.2 Å². The number of fused-ring (bicyclic) bond motifs is 2. The molecule has 2 N–H and O–H groups in total. The third kappa shape index (κ3) is 2.79. The zero-order chi connectivity index (χ0) is 18.1. The number of aromatic nitrogens is 2. The molecule has 0 fully saturated rings. The lowest BCUT2D eigenvalue weighted by Crippen LogP contribution is -2.21. The van der Waals surface area contributed by atoms with E-state index in [9.17, 15) is 9.59 Å². The van der Waals surface area contributed by atoms with Gasteiger partial charge in [0.1, 0.15) is 6.61 Å². The monoisotopic (exact) mass is 349 g/mol. The SMILES string of the molecule is COc1cccc2c1OCC(C(=O)Nc1ccc3nc[nH]c(=O)c3c1)=C2. The maximum Gasteiger partial charge on any atom is 0.258 e. The van der Waals surface area contributed by atoms with E-state index in [4.69, 9.17) is 9.47 Å². The Kier molecular flexibility index (Phi) is 3.89. The molecule has 3 aromatic rings. The Bertz CT molecular complexity index is 1100. The van der Waals surface area contributed by atoms with Crippen LogP contribution in [0.3, 0.4) is 0 Å². The summed E-state index contributed by atoms with van der Waals surface area (Å²) in [6, 6.07) is 10.5. The average molecular weight is 349 g/mol. The Morgan fingerprint density at radius 3 is 3.04 bits per heavy atom. The van der Waals surface area contributed by atoms with Crippen molar-refractivity contribution in [1.29, 1.82) is 0 Å². The molecule has 0 bridgehead atoms. The number of carbonyl (C=O) groups excluding carboxylic acids is 1. The van der Waals surface area contributed by atoms with Crippen molar-refractivity contribution >= 4 is 28.6 Å². The number of hydrogen-bond donors (Lipinski definition) is 2. The molecular formula is C19H15N3O4. The normalized spacial score (nSPS) is 12.7. The molecule has 7 nitrogen and oxygen atoms in total. The summed E-state index contributed by atoms with van der Waals surface area (Å²) in [6.07, 6.45) is 3.12. The molecule has 0 radical (unpaired) electrons. The standard InChI is InChI=1S/C19H15N3O4/c1-25-16-4-2-3-11-7-12(9-26-17(11)16)18(23)22-13-5-6-15-14(8-13)19(24)21-10-20-15/h2-8,10H,9H2,1H3,(H,22,23)(H,20,21,24). The molecule has 0 spiro atoms. The van der Waals surface area contributed by atoms with Gasteiger partial charge in [-0.3, -0.25) is 9.59 Å². The molecule has 1 aliphatic rings. The van der Waals surface area contributed by atoms with Crippen LogP contribution in [0.1, 0.15) is 5.56 Å². The third-order valence-corrected chi connectivity index (χ3v) is 4.12. The number of benzene rings is 2. The van der Waals surface area contributed by atoms with Crippen LogP contribution in [0.4, 0.5) is 5.69 Å². The second-order valence-corrected chi connectivity index (χ2v) is 5.75. The smallest absolute Gasteiger partial charge is 0.258 e. The van der Waals surface area contributed by atoms with Crippen LogP contribution >= 0.6 is 0 Å². The topological polar surface area (TPSA) is 93.3 Å². The van der Waals surface area contributed by atoms with E-state index < -0.39 is 0 Å². The van der Waals surface area contributed by atoms with Crippen molar-refractivity contribution < 1.29 is 14.3 Å². The first kappa shape index (κ1) is 15.9. The number of methoxy groups -OCH3 is 1. The van der Waals surface area contributed by atoms with Gasteiger partial charge in [0.15, 0.2) is 11.5 Å². The summed E-state index contributed by atoms with van der Waals surface area (Å²) in [7, 11) is 1.57. The number of aromatic amines is 1. The minimum Gasteiger partial charge on any atom is -0.493 e. The van der Waals surface area contributed by atoms with Crippen molar-refractivity contribution in [3.63, 3.8) is 0 Å². The molecule has 0 unspecified atom stereocenters. The lowest BCUT2D eigenvalue weighted by molar-refractivity contribution is -0.113. The Balaban J connectivity index is 1.62. The summed E-state index contributed by atoms with van der Waals surface area (Å²) in [5, 5.41) is 3.20. The molecule has 26 heavy (non-hydrogen) atoms. The molecule has 0 aliphatic carbocycles. The van der Waals surface area contributed by atoms with Gasteiger partial charge in [0.2, 0.25) is 0 Å². The Hall–Kier alpha value is -3.61. The zero-order valence-corrected chi connectivity index (χ0v) is 13.9. The van der Waals surface area contributed by atoms with Gasteiger partial charge in [0.05, 0.1) is 29.9 Å². The van der Waals surface area contributed by atoms with Crippen LogP contribution in [0.15, 0.2) is 53.1 Å². The highest BCUT2D eigenvalue weighted by Crippen LogP contribution is 2.35. The molecule has 1 amide bonds. The van der Waals surface area contributed by atoms with Crippen molar-refractivity contribution in [2.75, 3.05) is 19.0 Å². The molecule has 1 aliphatic heterocycles. The molecule has 1 aromatic heterocycles. The summed E-state index contributed by atoms with van der Waals surface area (Å²) < 4.78 is 10.9. The molecule has 0 atom stereocenters. The van der Waals surface area contributed by atoms with E-state index in [2.05, 4.69) is 15.3 Å². The lowest BCUT2D eigenvalue weighted by atomic mass is 10.1. The quantitative estimate of drug-likeness (QED) is 0.757. The van der Waals surface area contributed by atoms with Gasteiger partial charge in [-0.1, -0.05) is 12.1 Å². The van der Waals surface area contributed by atoms with E-state index in [1.165, 1.54) is 6.33 Å². The minimum absolute atomic E-state index is 0.134. The van der Waals surface area contributed by atoms with Gasteiger partial charge >= 0.3 is 0 Å². The summed E-state index contributed by atoms with van der Waals surface area (Å²) in [5.41, 5.74) is 2.07. The van der Waals surface area contributed by atoms with E-state index in [1.807, 2.05) is 12.1 Å². The Morgan fingerprint density at radius 2 is 2.19 bits per heavy atom. The van der Waals surface area contributed by atoms with E-state index in [0.717, 1.165) is 5.56 Å². The summed E-state index contributed by atoms with van der Waals surface area (Å²) in [6.45, 7) is 0.134. The van der Waals surface area contributed by atoms with Crippen molar-refractivity contribution in [3.8, 4) is 11.5 Å². The molecule has 130 valence electrons. The van der Waals surface area contributed by atoms with Crippen LogP contribution in [-0.4, -0.2) is 29.6 Å². The second kappa shape index (κ2) is 6.36. The second-order valence-electron chi connectivity index (χ2n) is 5.75. The molecule has 0 saturated carbocycles. The van der Waals surface area contributed by atoms with Crippen LogP contribution in [-0.2, 0) is 4.79 Å². The van der Waals surface area contributed by atoms with Crippen molar-refractivity contribution in [2.45, 2.75) is 0 Å². The summed E-state index contributed by atoms with van der Waals surface area (Å²) >= 11 is 0. The molecule has 4 rings (SSSR count). The van der Waals surface area contributed by atoms with Gasteiger partial charge in [-0.15, -0.1) is 0 Å². The number of ether oxygens (including phenoxy) is 2. The molecule has 7 heteroatoms. The van der Waals surface area contributed by atoms with E-state index in [-0.39, 0.29) is 18.1 Å². The highest BCUT2D eigenvalue weighted by Gasteiger charge is 2.20. The van der Waals surface area contributed by atoms with Crippen LogP contribution in [0.2, 0.25) is 0 Å². The summed E-state index contributed by atoms with van der Waals surface area (Å²) in [4.78, 5) is 31.0. The maximum atomic E-state index is 12.6. The first-order chi connectivity index (χ1) is 12.7. The number of rotatable bonds is 3. The van der Waals surface area contributed by atoms with Gasteiger partial charge in [-0.05, 0) is 30.3 Å². The third-order valence-electron chi connectivity index (χ3n) is 4.12. The van der Waals surface area contributed by atoms with Gasteiger partial charge in [0.25, 0.3) is 11.5 Å². The zero-order valence-electron chi connectivity index (χ0n) is 13.9. The van der Waals surface area contributed by atoms with Crippen molar-refractivity contribution in [1.82, 2.24) is 9.97 Å². The highest BCUT2D eigenvalue weighted by atomic mass is 16.5. The van der Waals surface area contributed by atoms with Gasteiger partial charge in [-0.2, -0.15) is 0 Å². The molecular weight excluding hydrogens is 334 g/mol. The minimum atomic E-state index is -0.293. The first-order valence-electron chi connectivity index (χ1n) is 7.95. The van der Waals surface area contributed by atoms with Crippen LogP contribution in [0.5, 0.6) is 11.5 Å². The number of nitrogens with one attached hydrogen (secondary N) is 2. The van der Waals surface area contributed by atoms with Crippen molar-refractivity contribution in [2.24, 2.45) is 0 Å². The number of hydrogen-bond acceptors (Lipinski definition) is 5. The average Bonchev–Trinajstić information content (AvgIpc) is 2.67. The van der Waals surface area contributed by atoms with Crippen LogP contribution in [0.25, 0.3) is 17.0 Å². The number of H-pyrrole nitrogens is 1. The number of nitrogens with zero attached hydrogens (tertiary/aromatic N) is 1. The fourth-order valence-electron chi connectivity index (χ4n) is 2.83. The fourth-order valence-corrected chi connectivity index (χ4v) is 2.83. The number of amides is 1.